The summed E-state index contributed by atoms with van der Waals surface area (Å²) in [6, 6.07) is 1.67. The maximum absolute atomic E-state index is 12.9. The summed E-state index contributed by atoms with van der Waals surface area (Å²) in [4.78, 5) is 14.7. The van der Waals surface area contributed by atoms with E-state index in [9.17, 15) is 4.79 Å². The third-order valence-corrected chi connectivity index (χ3v) is 4.34. The largest absolute Gasteiger partial charge is 0.380 e. The molecular formula is C15H22N6O2. The lowest BCUT2D eigenvalue weighted by Crippen LogP contribution is -2.33. The van der Waals surface area contributed by atoms with Crippen molar-refractivity contribution >= 4 is 5.91 Å². The highest BCUT2D eigenvalue weighted by Gasteiger charge is 2.39. The predicted molar refractivity (Wildman–Crippen MR) is 82.9 cm³/mol. The number of nitrogens with one attached hydrogen (secondary N) is 1. The van der Waals surface area contributed by atoms with Gasteiger partial charge in [-0.1, -0.05) is 13.8 Å². The van der Waals surface area contributed by atoms with Crippen molar-refractivity contribution in [2.45, 2.75) is 38.3 Å². The molecule has 0 saturated carbocycles. The van der Waals surface area contributed by atoms with Crippen molar-refractivity contribution < 1.29 is 9.53 Å². The number of carbonyl (C=O) groups is 1. The molecule has 0 spiro atoms. The van der Waals surface area contributed by atoms with Crippen molar-refractivity contribution in [2.75, 3.05) is 13.7 Å². The lowest BCUT2D eigenvalue weighted by molar-refractivity contribution is 0.0677. The fraction of sp³-hybridized carbons (Fsp3) is 0.600. The minimum Gasteiger partial charge on any atom is -0.380 e. The summed E-state index contributed by atoms with van der Waals surface area (Å²) in [6.07, 6.45) is 2.34. The Bertz CT molecular complexity index is 692. The average Bonchev–Trinajstić information content (AvgIpc) is 3.24. The summed E-state index contributed by atoms with van der Waals surface area (Å²) < 4.78 is 7.30. The SMILES string of the molecule is CO[C@@H]1C[C@@H](c2nncn2C)N(C(=O)c2cc(C(C)C)[nH]n2)C1. The van der Waals surface area contributed by atoms with E-state index in [0.29, 0.717) is 24.6 Å². The molecule has 3 heterocycles. The molecule has 2 atom stereocenters. The van der Waals surface area contributed by atoms with Crippen LogP contribution in [0.25, 0.3) is 0 Å². The molecule has 1 fully saturated rings. The summed E-state index contributed by atoms with van der Waals surface area (Å²) >= 11 is 0. The number of hydrogen-bond donors (Lipinski definition) is 1. The van der Waals surface area contributed by atoms with E-state index < -0.39 is 0 Å². The standard InChI is InChI=1S/C15H22N6O2/c1-9(2)11-6-12(18-17-11)15(22)21-7-10(23-4)5-13(21)14-19-16-8-20(14)3/h6,8-10,13H,5,7H2,1-4H3,(H,17,18)/t10-,13+/m1/s1. The maximum atomic E-state index is 12.9. The van der Waals surface area contributed by atoms with Crippen molar-refractivity contribution in [1.29, 1.82) is 0 Å². The molecule has 8 nitrogen and oxygen atoms in total. The molecule has 0 unspecified atom stereocenters. The molecule has 124 valence electrons. The first-order chi connectivity index (χ1) is 11.0. The second-order valence-electron chi connectivity index (χ2n) is 6.23. The first kappa shape index (κ1) is 15.7. The Kier molecular flexibility index (Phi) is 4.16. The molecule has 3 rings (SSSR count). The van der Waals surface area contributed by atoms with Gasteiger partial charge in [0.1, 0.15) is 12.0 Å². The van der Waals surface area contributed by atoms with Crippen LogP contribution in [-0.2, 0) is 11.8 Å². The van der Waals surface area contributed by atoms with Gasteiger partial charge in [-0.2, -0.15) is 5.10 Å². The summed E-state index contributed by atoms with van der Waals surface area (Å²) in [5, 5.41) is 15.2. The summed E-state index contributed by atoms with van der Waals surface area (Å²) in [5.41, 5.74) is 1.38. The summed E-state index contributed by atoms with van der Waals surface area (Å²) in [5.74, 6) is 0.946. The predicted octanol–water partition coefficient (Wildman–Crippen LogP) is 1.26. The maximum Gasteiger partial charge on any atom is 0.275 e. The van der Waals surface area contributed by atoms with Crippen molar-refractivity contribution in [3.63, 3.8) is 0 Å². The second kappa shape index (κ2) is 6.11. The molecule has 1 amide bonds. The number of rotatable bonds is 4. The molecular weight excluding hydrogens is 296 g/mol. The summed E-state index contributed by atoms with van der Waals surface area (Å²) in [7, 11) is 3.54. The van der Waals surface area contributed by atoms with Gasteiger partial charge in [0, 0.05) is 32.8 Å². The van der Waals surface area contributed by atoms with Crippen LogP contribution in [-0.4, -0.2) is 55.5 Å². The van der Waals surface area contributed by atoms with Crippen LogP contribution in [0.15, 0.2) is 12.4 Å². The van der Waals surface area contributed by atoms with E-state index in [-0.39, 0.29) is 18.1 Å². The van der Waals surface area contributed by atoms with Gasteiger partial charge in [-0.15, -0.1) is 10.2 Å². The highest BCUT2D eigenvalue weighted by Crippen LogP contribution is 2.33. The second-order valence-corrected chi connectivity index (χ2v) is 6.23. The Morgan fingerprint density at radius 2 is 2.26 bits per heavy atom. The van der Waals surface area contributed by atoms with E-state index in [1.54, 1.807) is 18.3 Å². The zero-order valence-electron chi connectivity index (χ0n) is 13.9. The number of aromatic amines is 1. The van der Waals surface area contributed by atoms with Crippen molar-refractivity contribution in [3.05, 3.63) is 29.6 Å². The lowest BCUT2D eigenvalue weighted by Gasteiger charge is -2.22. The van der Waals surface area contributed by atoms with Gasteiger partial charge >= 0.3 is 0 Å². The van der Waals surface area contributed by atoms with Gasteiger partial charge in [0.2, 0.25) is 0 Å². The Labute approximate surface area is 134 Å². The molecule has 1 saturated heterocycles. The van der Waals surface area contributed by atoms with Crippen LogP contribution in [0.4, 0.5) is 0 Å². The minimum atomic E-state index is -0.154. The molecule has 2 aromatic rings. The van der Waals surface area contributed by atoms with Crippen LogP contribution < -0.4 is 0 Å². The van der Waals surface area contributed by atoms with E-state index >= 15 is 0 Å². The zero-order chi connectivity index (χ0) is 16.6. The highest BCUT2D eigenvalue weighted by atomic mass is 16.5. The number of ether oxygens (including phenoxy) is 1. The van der Waals surface area contributed by atoms with Crippen LogP contribution in [0.2, 0.25) is 0 Å². The third-order valence-electron chi connectivity index (χ3n) is 4.34. The number of H-pyrrole nitrogens is 1. The average molecular weight is 318 g/mol. The molecule has 0 aromatic carbocycles. The van der Waals surface area contributed by atoms with Gasteiger partial charge in [0.05, 0.1) is 12.1 Å². The molecule has 1 N–H and O–H groups in total. The fourth-order valence-corrected chi connectivity index (χ4v) is 2.92. The van der Waals surface area contributed by atoms with Gasteiger partial charge in [-0.25, -0.2) is 0 Å². The Balaban J connectivity index is 1.88. The number of methoxy groups -OCH3 is 1. The molecule has 1 aliphatic rings. The fourth-order valence-electron chi connectivity index (χ4n) is 2.92. The van der Waals surface area contributed by atoms with Gasteiger partial charge in [-0.3, -0.25) is 9.89 Å². The number of hydrogen-bond acceptors (Lipinski definition) is 5. The van der Waals surface area contributed by atoms with Gasteiger partial charge in [-0.05, 0) is 12.0 Å². The molecule has 23 heavy (non-hydrogen) atoms. The topological polar surface area (TPSA) is 88.9 Å². The van der Waals surface area contributed by atoms with E-state index in [0.717, 1.165) is 11.5 Å². The van der Waals surface area contributed by atoms with E-state index in [4.69, 9.17) is 4.74 Å². The van der Waals surface area contributed by atoms with Crippen molar-refractivity contribution in [1.82, 2.24) is 29.9 Å². The first-order valence-corrected chi connectivity index (χ1v) is 7.74. The number of carbonyl (C=O) groups excluding carboxylic acids is 1. The number of likely N-dealkylation sites (tertiary alicyclic amines) is 1. The van der Waals surface area contributed by atoms with Crippen LogP contribution in [0.1, 0.15) is 54.2 Å². The lowest BCUT2D eigenvalue weighted by atomic mass is 10.1. The highest BCUT2D eigenvalue weighted by molar-refractivity contribution is 5.93. The number of aromatic nitrogens is 5. The monoisotopic (exact) mass is 318 g/mol. The third kappa shape index (κ3) is 2.86. The van der Waals surface area contributed by atoms with Crippen LogP contribution in [0.5, 0.6) is 0 Å². The molecule has 1 aliphatic heterocycles. The van der Waals surface area contributed by atoms with Crippen molar-refractivity contribution in [3.8, 4) is 0 Å². The normalized spacial score (nSPS) is 21.3. The van der Waals surface area contributed by atoms with Gasteiger partial charge < -0.3 is 14.2 Å². The van der Waals surface area contributed by atoms with Crippen LogP contribution in [0, 0.1) is 0 Å². The Morgan fingerprint density at radius 1 is 1.48 bits per heavy atom. The minimum absolute atomic E-state index is 0.0100. The van der Waals surface area contributed by atoms with Gasteiger partial charge in [0.15, 0.2) is 5.82 Å². The molecule has 0 radical (unpaired) electrons. The quantitative estimate of drug-likeness (QED) is 0.917. The smallest absolute Gasteiger partial charge is 0.275 e. The molecule has 8 heteroatoms. The molecule has 0 bridgehead atoms. The van der Waals surface area contributed by atoms with Crippen LogP contribution >= 0.6 is 0 Å². The van der Waals surface area contributed by atoms with E-state index in [1.807, 2.05) is 17.7 Å². The number of amides is 1. The molecule has 0 aliphatic carbocycles. The molecule has 2 aromatic heterocycles. The zero-order valence-corrected chi connectivity index (χ0v) is 13.9. The van der Waals surface area contributed by atoms with E-state index in [1.165, 1.54) is 0 Å². The number of nitrogens with zero attached hydrogens (tertiary/aromatic N) is 5. The Morgan fingerprint density at radius 3 is 2.83 bits per heavy atom. The first-order valence-electron chi connectivity index (χ1n) is 7.74. The van der Waals surface area contributed by atoms with E-state index in [2.05, 4.69) is 34.2 Å². The Hall–Kier alpha value is -2.22. The van der Waals surface area contributed by atoms with Crippen LogP contribution in [0.3, 0.4) is 0 Å². The van der Waals surface area contributed by atoms with Gasteiger partial charge in [0.25, 0.3) is 5.91 Å². The van der Waals surface area contributed by atoms with Crippen molar-refractivity contribution in [2.24, 2.45) is 7.05 Å². The summed E-state index contributed by atoms with van der Waals surface area (Å²) in [6.45, 7) is 4.64. The number of aryl methyl sites for hydroxylation is 1.